The molecule has 0 unspecified atom stereocenters. The van der Waals surface area contributed by atoms with Crippen molar-refractivity contribution < 1.29 is 12.8 Å². The first-order valence-electron chi connectivity index (χ1n) is 5.34. The zero-order valence-corrected chi connectivity index (χ0v) is 11.2. The Morgan fingerprint density at radius 2 is 1.95 bits per heavy atom. The molecule has 0 spiro atoms. The van der Waals surface area contributed by atoms with Gasteiger partial charge in [-0.05, 0) is 18.2 Å². The predicted octanol–water partition coefficient (Wildman–Crippen LogP) is 2.35. The van der Waals surface area contributed by atoms with Crippen LogP contribution in [0.25, 0.3) is 0 Å². The third-order valence-electron chi connectivity index (χ3n) is 2.42. The van der Waals surface area contributed by atoms with Gasteiger partial charge < -0.3 is 0 Å². The predicted molar refractivity (Wildman–Crippen MR) is 69.7 cm³/mol. The Morgan fingerprint density at radius 1 is 1.21 bits per heavy atom. The quantitative estimate of drug-likeness (QED) is 0.882. The average Bonchev–Trinajstić information content (AvgIpc) is 2.38. The molecule has 2 rings (SSSR count). The van der Waals surface area contributed by atoms with Gasteiger partial charge >= 0.3 is 0 Å². The molecular formula is C12H10ClFN2O2S. The molecule has 0 saturated heterocycles. The monoisotopic (exact) mass is 300 g/mol. The second kappa shape index (κ2) is 5.64. The van der Waals surface area contributed by atoms with Crippen LogP contribution in [0.1, 0.15) is 5.56 Å². The lowest BCUT2D eigenvalue weighted by molar-refractivity contribution is 0.574. The molecule has 0 aliphatic rings. The van der Waals surface area contributed by atoms with Gasteiger partial charge in [0.05, 0.1) is 0 Å². The highest BCUT2D eigenvalue weighted by Gasteiger charge is 2.14. The van der Waals surface area contributed by atoms with Crippen LogP contribution in [-0.4, -0.2) is 13.4 Å². The molecule has 1 N–H and O–H groups in total. The molecule has 0 aliphatic carbocycles. The number of nitrogens with one attached hydrogen (secondary N) is 1. The molecule has 0 aliphatic heterocycles. The molecule has 1 aromatic carbocycles. The van der Waals surface area contributed by atoms with Crippen molar-refractivity contribution in [2.75, 3.05) is 0 Å². The van der Waals surface area contributed by atoms with Gasteiger partial charge in [0.15, 0.2) is 0 Å². The molecule has 100 valence electrons. The lowest BCUT2D eigenvalue weighted by atomic mass is 10.2. The van der Waals surface area contributed by atoms with Crippen LogP contribution < -0.4 is 4.72 Å². The molecule has 7 heteroatoms. The number of pyridine rings is 1. The largest absolute Gasteiger partial charge is 0.243 e. The van der Waals surface area contributed by atoms with E-state index in [4.69, 9.17) is 11.6 Å². The first kappa shape index (κ1) is 13.9. The maximum atomic E-state index is 13.4. The van der Waals surface area contributed by atoms with Crippen LogP contribution in [0.5, 0.6) is 0 Å². The molecule has 19 heavy (non-hydrogen) atoms. The molecule has 0 atom stereocenters. The number of nitrogens with zero attached hydrogens (tertiary/aromatic N) is 1. The minimum atomic E-state index is -3.73. The van der Waals surface area contributed by atoms with E-state index in [1.807, 2.05) is 0 Å². The summed E-state index contributed by atoms with van der Waals surface area (Å²) in [4.78, 5) is 3.67. The van der Waals surface area contributed by atoms with Crippen molar-refractivity contribution in [3.05, 3.63) is 59.1 Å². The van der Waals surface area contributed by atoms with Gasteiger partial charge in [-0.3, -0.25) is 0 Å². The zero-order valence-electron chi connectivity index (χ0n) is 9.68. The number of hydrogen-bond acceptors (Lipinski definition) is 3. The van der Waals surface area contributed by atoms with Crippen LogP contribution in [-0.2, 0) is 16.6 Å². The molecule has 0 bridgehead atoms. The van der Waals surface area contributed by atoms with Crippen molar-refractivity contribution in [1.82, 2.24) is 9.71 Å². The van der Waals surface area contributed by atoms with Gasteiger partial charge in [-0.2, -0.15) is 0 Å². The molecule has 0 radical (unpaired) electrons. The topological polar surface area (TPSA) is 59.1 Å². The molecule has 1 aromatic heterocycles. The van der Waals surface area contributed by atoms with Gasteiger partial charge in [-0.25, -0.2) is 22.5 Å². The summed E-state index contributed by atoms with van der Waals surface area (Å²) in [5.41, 5.74) is 0.271. The van der Waals surface area contributed by atoms with Gasteiger partial charge in [0.25, 0.3) is 0 Å². The highest BCUT2D eigenvalue weighted by molar-refractivity contribution is 7.89. The van der Waals surface area contributed by atoms with E-state index in [9.17, 15) is 12.8 Å². The zero-order chi connectivity index (χ0) is 13.9. The standard InChI is InChI=1S/C12H10ClFN2O2S/c13-12-6-5-10(8-15-12)19(17,18)16-7-9-3-1-2-4-11(9)14/h1-6,8,16H,7H2. The van der Waals surface area contributed by atoms with E-state index >= 15 is 0 Å². The van der Waals surface area contributed by atoms with Gasteiger partial charge in [0.2, 0.25) is 10.0 Å². The van der Waals surface area contributed by atoms with Gasteiger partial charge in [-0.1, -0.05) is 29.8 Å². The number of benzene rings is 1. The lowest BCUT2D eigenvalue weighted by Crippen LogP contribution is -2.23. The molecule has 0 saturated carbocycles. The van der Waals surface area contributed by atoms with E-state index in [0.29, 0.717) is 0 Å². The number of aromatic nitrogens is 1. The first-order valence-corrected chi connectivity index (χ1v) is 7.20. The summed E-state index contributed by atoms with van der Waals surface area (Å²) in [7, 11) is -3.73. The van der Waals surface area contributed by atoms with E-state index in [-0.39, 0.29) is 22.2 Å². The Kier molecular flexibility index (Phi) is 4.14. The maximum Gasteiger partial charge on any atom is 0.242 e. The Balaban J connectivity index is 2.14. The SMILES string of the molecule is O=S(=O)(NCc1ccccc1F)c1ccc(Cl)nc1. The summed E-state index contributed by atoms with van der Waals surface area (Å²) >= 11 is 5.58. The average molecular weight is 301 g/mol. The number of rotatable bonds is 4. The Labute approximate surface area is 115 Å². The van der Waals surface area contributed by atoms with E-state index in [2.05, 4.69) is 9.71 Å². The van der Waals surface area contributed by atoms with E-state index in [0.717, 1.165) is 6.20 Å². The fraction of sp³-hybridized carbons (Fsp3) is 0.0833. The second-order valence-corrected chi connectivity index (χ2v) is 5.89. The van der Waals surface area contributed by atoms with Gasteiger partial charge in [0.1, 0.15) is 15.9 Å². The van der Waals surface area contributed by atoms with Crippen LogP contribution >= 0.6 is 11.6 Å². The fourth-order valence-electron chi connectivity index (χ4n) is 1.42. The third-order valence-corrected chi connectivity index (χ3v) is 4.03. The summed E-state index contributed by atoms with van der Waals surface area (Å²) < 4.78 is 39.5. The van der Waals surface area contributed by atoms with E-state index in [1.54, 1.807) is 6.07 Å². The van der Waals surface area contributed by atoms with E-state index < -0.39 is 15.8 Å². The number of hydrogen-bond donors (Lipinski definition) is 1. The minimum Gasteiger partial charge on any atom is -0.243 e. The van der Waals surface area contributed by atoms with Crippen molar-refractivity contribution in [3.8, 4) is 0 Å². The Hall–Kier alpha value is -1.50. The molecule has 4 nitrogen and oxygen atoms in total. The van der Waals surface area contributed by atoms with Crippen LogP contribution in [0.15, 0.2) is 47.5 Å². The summed E-state index contributed by atoms with van der Waals surface area (Å²) in [5.74, 6) is -0.459. The summed E-state index contributed by atoms with van der Waals surface area (Å²) in [6, 6.07) is 8.66. The number of halogens is 2. The second-order valence-electron chi connectivity index (χ2n) is 3.73. The number of sulfonamides is 1. The van der Waals surface area contributed by atoms with Gasteiger partial charge in [-0.15, -0.1) is 0 Å². The van der Waals surface area contributed by atoms with Crippen molar-refractivity contribution >= 4 is 21.6 Å². The smallest absolute Gasteiger partial charge is 0.242 e. The first-order chi connectivity index (χ1) is 8.99. The van der Waals surface area contributed by atoms with Crippen molar-refractivity contribution in [3.63, 3.8) is 0 Å². The summed E-state index contributed by atoms with van der Waals surface area (Å²) in [6.45, 7) is -0.127. The van der Waals surface area contributed by atoms with Gasteiger partial charge in [0, 0.05) is 18.3 Å². The molecular weight excluding hydrogens is 291 g/mol. The van der Waals surface area contributed by atoms with Crippen molar-refractivity contribution in [2.24, 2.45) is 0 Å². The Morgan fingerprint density at radius 3 is 2.58 bits per heavy atom. The lowest BCUT2D eigenvalue weighted by Gasteiger charge is -2.07. The fourth-order valence-corrected chi connectivity index (χ4v) is 2.48. The van der Waals surface area contributed by atoms with Crippen LogP contribution in [0.4, 0.5) is 4.39 Å². The Bertz CT molecular complexity index is 674. The highest BCUT2D eigenvalue weighted by atomic mass is 35.5. The maximum absolute atomic E-state index is 13.4. The van der Waals surface area contributed by atoms with Crippen LogP contribution in [0.3, 0.4) is 0 Å². The molecule has 2 aromatic rings. The summed E-state index contributed by atoms with van der Waals surface area (Å²) in [5, 5.41) is 0.202. The third kappa shape index (κ3) is 3.50. The van der Waals surface area contributed by atoms with E-state index in [1.165, 1.54) is 30.3 Å². The van der Waals surface area contributed by atoms with Crippen LogP contribution in [0.2, 0.25) is 5.15 Å². The highest BCUT2D eigenvalue weighted by Crippen LogP contribution is 2.12. The summed E-state index contributed by atoms with van der Waals surface area (Å²) in [6.07, 6.45) is 1.14. The molecule has 0 fully saturated rings. The van der Waals surface area contributed by atoms with Crippen molar-refractivity contribution in [1.29, 1.82) is 0 Å². The normalized spacial score (nSPS) is 11.5. The van der Waals surface area contributed by atoms with Crippen LogP contribution in [0, 0.1) is 5.82 Å². The molecule has 1 heterocycles. The van der Waals surface area contributed by atoms with Crippen molar-refractivity contribution in [2.45, 2.75) is 11.4 Å². The molecule has 0 amide bonds. The minimum absolute atomic E-state index is 0.0201.